The normalized spacial score (nSPS) is 38.3. The molecular formula is C12H20N4O. The van der Waals surface area contributed by atoms with Crippen LogP contribution < -0.4 is 11.1 Å². The van der Waals surface area contributed by atoms with Crippen molar-refractivity contribution in [3.63, 3.8) is 0 Å². The molecule has 5 heteroatoms. The van der Waals surface area contributed by atoms with Crippen molar-refractivity contribution in [2.24, 2.45) is 12.8 Å². The molecule has 0 aliphatic carbocycles. The number of piperidine rings is 1. The molecule has 3 heterocycles. The lowest BCUT2D eigenvalue weighted by molar-refractivity contribution is -0.0309. The highest BCUT2D eigenvalue weighted by Gasteiger charge is 2.46. The van der Waals surface area contributed by atoms with Crippen LogP contribution in [0.5, 0.6) is 0 Å². The van der Waals surface area contributed by atoms with E-state index in [9.17, 15) is 5.11 Å². The van der Waals surface area contributed by atoms with Gasteiger partial charge < -0.3 is 16.2 Å². The summed E-state index contributed by atoms with van der Waals surface area (Å²) in [5.41, 5.74) is 6.20. The van der Waals surface area contributed by atoms with Gasteiger partial charge in [-0.1, -0.05) is 0 Å². The van der Waals surface area contributed by atoms with E-state index in [0.717, 1.165) is 31.4 Å². The van der Waals surface area contributed by atoms with Crippen molar-refractivity contribution in [2.75, 3.05) is 0 Å². The molecule has 0 spiro atoms. The van der Waals surface area contributed by atoms with Crippen LogP contribution >= 0.6 is 0 Å². The molecule has 1 aromatic heterocycles. The average molecular weight is 236 g/mol. The minimum absolute atomic E-state index is 0.381. The second kappa shape index (κ2) is 3.80. The molecule has 0 amide bonds. The monoisotopic (exact) mass is 236 g/mol. The Kier molecular flexibility index (Phi) is 2.50. The molecule has 0 radical (unpaired) electrons. The summed E-state index contributed by atoms with van der Waals surface area (Å²) in [5, 5.41) is 18.6. The highest BCUT2D eigenvalue weighted by atomic mass is 16.3. The Morgan fingerprint density at radius 3 is 2.71 bits per heavy atom. The molecule has 94 valence electrons. The van der Waals surface area contributed by atoms with E-state index >= 15 is 0 Å². The third kappa shape index (κ3) is 1.88. The molecule has 2 bridgehead atoms. The third-order valence-electron chi connectivity index (χ3n) is 4.17. The number of fused-ring (bicyclic) bond motifs is 2. The lowest BCUT2D eigenvalue weighted by Gasteiger charge is -2.40. The predicted octanol–water partition coefficient (Wildman–Crippen LogP) is 0.0654. The zero-order valence-electron chi connectivity index (χ0n) is 10.1. The Balaban J connectivity index is 1.83. The second-order valence-corrected chi connectivity index (χ2v) is 5.54. The predicted molar refractivity (Wildman–Crippen MR) is 64.3 cm³/mol. The second-order valence-electron chi connectivity index (χ2n) is 5.54. The van der Waals surface area contributed by atoms with E-state index in [4.69, 9.17) is 5.73 Å². The maximum atomic E-state index is 10.8. The molecule has 1 aromatic rings. The summed E-state index contributed by atoms with van der Waals surface area (Å²) < 4.78 is 1.73. The van der Waals surface area contributed by atoms with Crippen LogP contribution in [0.25, 0.3) is 0 Å². The number of aromatic nitrogens is 2. The number of hydrogen-bond acceptors (Lipinski definition) is 4. The number of nitrogens with two attached hydrogens (primary N) is 1. The van der Waals surface area contributed by atoms with Gasteiger partial charge in [0.1, 0.15) is 0 Å². The van der Waals surface area contributed by atoms with Gasteiger partial charge in [0, 0.05) is 25.3 Å². The van der Waals surface area contributed by atoms with E-state index in [-0.39, 0.29) is 6.04 Å². The Bertz CT molecular complexity index is 404. The lowest BCUT2D eigenvalue weighted by Crippen LogP contribution is -2.53. The van der Waals surface area contributed by atoms with Crippen LogP contribution in [0.3, 0.4) is 0 Å². The molecule has 3 unspecified atom stereocenters. The van der Waals surface area contributed by atoms with Crippen molar-refractivity contribution < 1.29 is 5.11 Å². The summed E-state index contributed by atoms with van der Waals surface area (Å²) in [6.45, 7) is 0. The summed E-state index contributed by atoms with van der Waals surface area (Å²) in [5.74, 6) is 0. The molecule has 0 aromatic carbocycles. The molecule has 2 aliphatic rings. The first-order valence-corrected chi connectivity index (χ1v) is 6.30. The van der Waals surface area contributed by atoms with Gasteiger partial charge in [0.05, 0.1) is 17.3 Å². The highest BCUT2D eigenvalue weighted by molar-refractivity contribution is 5.14. The van der Waals surface area contributed by atoms with E-state index in [1.54, 1.807) is 4.68 Å². The summed E-state index contributed by atoms with van der Waals surface area (Å²) >= 11 is 0. The molecular weight excluding hydrogens is 216 g/mol. The van der Waals surface area contributed by atoms with Crippen LogP contribution in [0.1, 0.15) is 37.4 Å². The zero-order chi connectivity index (χ0) is 12.0. The van der Waals surface area contributed by atoms with Crippen LogP contribution in [-0.4, -0.2) is 32.6 Å². The van der Waals surface area contributed by atoms with Crippen molar-refractivity contribution in [1.29, 1.82) is 0 Å². The summed E-state index contributed by atoms with van der Waals surface area (Å²) in [6.07, 6.45) is 5.65. The maximum absolute atomic E-state index is 10.8. The Morgan fingerprint density at radius 1 is 1.53 bits per heavy atom. The van der Waals surface area contributed by atoms with Gasteiger partial charge in [-0.2, -0.15) is 5.10 Å². The van der Waals surface area contributed by atoms with Crippen molar-refractivity contribution in [3.05, 3.63) is 18.0 Å². The van der Waals surface area contributed by atoms with Gasteiger partial charge in [0.15, 0.2) is 0 Å². The van der Waals surface area contributed by atoms with Crippen molar-refractivity contribution in [1.82, 2.24) is 15.1 Å². The van der Waals surface area contributed by atoms with E-state index in [1.807, 2.05) is 19.3 Å². The number of aryl methyl sites for hydroxylation is 1. The summed E-state index contributed by atoms with van der Waals surface area (Å²) in [7, 11) is 1.87. The van der Waals surface area contributed by atoms with Crippen molar-refractivity contribution in [2.45, 2.75) is 49.4 Å². The fourth-order valence-corrected chi connectivity index (χ4v) is 3.29. The van der Waals surface area contributed by atoms with Crippen LogP contribution in [0.2, 0.25) is 0 Å². The highest BCUT2D eigenvalue weighted by Crippen LogP contribution is 2.39. The first kappa shape index (κ1) is 11.2. The number of hydrogen-bond donors (Lipinski definition) is 3. The van der Waals surface area contributed by atoms with E-state index in [1.165, 1.54) is 0 Å². The zero-order valence-corrected chi connectivity index (χ0v) is 10.1. The minimum Gasteiger partial charge on any atom is -0.388 e. The fourth-order valence-electron chi connectivity index (χ4n) is 3.29. The largest absolute Gasteiger partial charge is 0.388 e. The van der Waals surface area contributed by atoms with Crippen molar-refractivity contribution in [3.8, 4) is 0 Å². The van der Waals surface area contributed by atoms with E-state index in [0.29, 0.717) is 12.1 Å². The van der Waals surface area contributed by atoms with Gasteiger partial charge in [-0.3, -0.25) is 4.68 Å². The number of nitrogens with zero attached hydrogens (tertiary/aromatic N) is 2. The molecule has 2 fully saturated rings. The molecule has 3 rings (SSSR count). The third-order valence-corrected chi connectivity index (χ3v) is 4.17. The van der Waals surface area contributed by atoms with Gasteiger partial charge >= 0.3 is 0 Å². The SMILES string of the molecule is Cn1ccc(C(N)C2(O)CC3CCC(C2)N3)n1. The Morgan fingerprint density at radius 2 is 2.18 bits per heavy atom. The van der Waals surface area contributed by atoms with Gasteiger partial charge in [0.25, 0.3) is 0 Å². The molecule has 4 N–H and O–H groups in total. The topological polar surface area (TPSA) is 76.1 Å². The van der Waals surface area contributed by atoms with Crippen LogP contribution in [0.4, 0.5) is 0 Å². The molecule has 2 saturated heterocycles. The summed E-state index contributed by atoms with van der Waals surface area (Å²) in [6, 6.07) is 2.36. The lowest BCUT2D eigenvalue weighted by atomic mass is 9.80. The quantitative estimate of drug-likeness (QED) is 0.679. The van der Waals surface area contributed by atoms with Crippen LogP contribution in [0, 0.1) is 0 Å². The standard InChI is InChI=1S/C12H20N4O/c1-16-5-4-10(15-16)11(13)12(17)6-8-2-3-9(7-12)14-8/h4-5,8-9,11,14,17H,2-3,6-7,13H2,1H3. The number of rotatable bonds is 2. The van der Waals surface area contributed by atoms with Gasteiger partial charge in [-0.25, -0.2) is 0 Å². The fraction of sp³-hybridized carbons (Fsp3) is 0.750. The molecule has 3 atom stereocenters. The number of nitrogens with one attached hydrogen (secondary N) is 1. The van der Waals surface area contributed by atoms with Gasteiger partial charge in [0.2, 0.25) is 0 Å². The summed E-state index contributed by atoms with van der Waals surface area (Å²) in [4.78, 5) is 0. The molecule has 5 nitrogen and oxygen atoms in total. The Hall–Kier alpha value is -0.910. The van der Waals surface area contributed by atoms with Crippen LogP contribution in [0.15, 0.2) is 12.3 Å². The average Bonchev–Trinajstić information content (AvgIpc) is 2.84. The molecule has 2 aliphatic heterocycles. The Labute approximate surface area is 101 Å². The van der Waals surface area contributed by atoms with Gasteiger partial charge in [-0.15, -0.1) is 0 Å². The van der Waals surface area contributed by atoms with E-state index in [2.05, 4.69) is 10.4 Å². The molecule has 17 heavy (non-hydrogen) atoms. The first-order valence-electron chi connectivity index (χ1n) is 6.30. The number of aliphatic hydroxyl groups is 1. The smallest absolute Gasteiger partial charge is 0.0885 e. The first-order chi connectivity index (χ1) is 8.07. The minimum atomic E-state index is -0.800. The maximum Gasteiger partial charge on any atom is 0.0885 e. The van der Waals surface area contributed by atoms with Crippen LogP contribution in [-0.2, 0) is 7.05 Å². The van der Waals surface area contributed by atoms with Gasteiger partial charge in [-0.05, 0) is 31.7 Å². The van der Waals surface area contributed by atoms with E-state index < -0.39 is 5.60 Å². The van der Waals surface area contributed by atoms with Crippen molar-refractivity contribution >= 4 is 0 Å². The molecule has 0 saturated carbocycles.